The van der Waals surface area contributed by atoms with E-state index in [0.717, 1.165) is 32.0 Å². The summed E-state index contributed by atoms with van der Waals surface area (Å²) in [5.74, 6) is 0.627. The van der Waals surface area contributed by atoms with Crippen LogP contribution < -0.4 is 16.0 Å². The fraction of sp³-hybridized carbons (Fsp3) is 0.895. The van der Waals surface area contributed by atoms with Crippen LogP contribution in [0.3, 0.4) is 0 Å². The number of nitrogens with zero attached hydrogens (tertiary/aromatic N) is 2. The van der Waals surface area contributed by atoms with E-state index in [9.17, 15) is 9.59 Å². The van der Waals surface area contributed by atoms with E-state index in [-0.39, 0.29) is 24.1 Å². The molecule has 3 N–H and O–H groups in total. The number of rotatable bonds is 5. The van der Waals surface area contributed by atoms with Gasteiger partial charge in [-0.15, -0.1) is 0 Å². The number of carbonyl (C=O) groups excluding carboxylic acids is 2. The van der Waals surface area contributed by atoms with Crippen molar-refractivity contribution in [1.29, 1.82) is 0 Å². The van der Waals surface area contributed by atoms with E-state index >= 15 is 0 Å². The van der Waals surface area contributed by atoms with Crippen LogP contribution in [0.25, 0.3) is 0 Å². The van der Waals surface area contributed by atoms with Crippen molar-refractivity contribution < 1.29 is 9.59 Å². The Balaban J connectivity index is 1.28. The molecular weight excluding hydrogens is 330 g/mol. The summed E-state index contributed by atoms with van der Waals surface area (Å²) in [6.07, 6.45) is 10.3. The number of hydrogen-bond acceptors (Lipinski definition) is 4. The Kier molecular flexibility index (Phi) is 5.36. The van der Waals surface area contributed by atoms with Gasteiger partial charge in [-0.3, -0.25) is 5.32 Å². The standard InChI is InChI=1S/C19H33N5O2/c1-13(14-5-3-2-4-6-14)20-17-21-18(25)24(19(26)22-17)16-9-11-23(12-10-16)15-7-8-15/h13-17,20H,2-12H2,1H3,(H,21,25)(H,22,26)/t13-/m0/s1. The number of imide groups is 1. The maximum absolute atomic E-state index is 12.6. The predicted octanol–water partition coefficient (Wildman–Crippen LogP) is 2.19. The smallest absolute Gasteiger partial charge is 0.305 e. The predicted molar refractivity (Wildman–Crippen MR) is 99.5 cm³/mol. The first kappa shape index (κ1) is 18.0. The van der Waals surface area contributed by atoms with Crippen LogP contribution in [0.2, 0.25) is 0 Å². The molecule has 7 nitrogen and oxygen atoms in total. The van der Waals surface area contributed by atoms with E-state index in [1.54, 1.807) is 0 Å². The Labute approximate surface area is 156 Å². The second-order valence-corrected chi connectivity index (χ2v) is 8.55. The molecule has 0 radical (unpaired) electrons. The Morgan fingerprint density at radius 3 is 2.08 bits per heavy atom. The molecule has 0 aromatic heterocycles. The van der Waals surface area contributed by atoms with Crippen LogP contribution in [0.15, 0.2) is 0 Å². The SMILES string of the molecule is C[C@H](NC1NC(=O)N(C2CCN(C3CC3)CC2)C(=O)N1)C1CCCCC1. The van der Waals surface area contributed by atoms with Gasteiger partial charge >= 0.3 is 12.1 Å². The van der Waals surface area contributed by atoms with Crippen molar-refractivity contribution in [1.82, 2.24) is 25.8 Å². The molecule has 0 spiro atoms. The highest BCUT2D eigenvalue weighted by molar-refractivity contribution is 5.96. The van der Waals surface area contributed by atoms with Gasteiger partial charge < -0.3 is 15.5 Å². The highest BCUT2D eigenvalue weighted by atomic mass is 16.2. The van der Waals surface area contributed by atoms with Gasteiger partial charge in [0.2, 0.25) is 0 Å². The molecule has 146 valence electrons. The van der Waals surface area contributed by atoms with E-state index in [2.05, 4.69) is 27.8 Å². The van der Waals surface area contributed by atoms with Crippen molar-refractivity contribution in [3.63, 3.8) is 0 Å². The normalized spacial score (nSPS) is 28.7. The van der Waals surface area contributed by atoms with E-state index in [1.165, 1.54) is 49.8 Å². The van der Waals surface area contributed by atoms with Gasteiger partial charge in [-0.1, -0.05) is 19.3 Å². The minimum Gasteiger partial charge on any atom is -0.305 e. The number of urea groups is 2. The van der Waals surface area contributed by atoms with Crippen molar-refractivity contribution in [2.24, 2.45) is 5.92 Å². The molecule has 26 heavy (non-hydrogen) atoms. The van der Waals surface area contributed by atoms with Crippen LogP contribution >= 0.6 is 0 Å². The monoisotopic (exact) mass is 363 g/mol. The Morgan fingerprint density at radius 2 is 1.50 bits per heavy atom. The molecule has 2 saturated carbocycles. The molecule has 0 unspecified atom stereocenters. The molecule has 2 saturated heterocycles. The quantitative estimate of drug-likeness (QED) is 0.700. The largest absolute Gasteiger partial charge is 0.328 e. The molecule has 4 amide bonds. The van der Waals surface area contributed by atoms with Crippen molar-refractivity contribution >= 4 is 12.1 Å². The van der Waals surface area contributed by atoms with Gasteiger partial charge in [-0.05, 0) is 51.4 Å². The highest BCUT2D eigenvalue weighted by Crippen LogP contribution is 2.31. The Bertz CT molecular complexity index is 506. The molecule has 2 aliphatic carbocycles. The number of amides is 4. The average Bonchev–Trinajstić information content (AvgIpc) is 3.48. The fourth-order valence-corrected chi connectivity index (χ4v) is 4.91. The molecule has 1 atom stereocenters. The molecule has 4 rings (SSSR count). The minimum atomic E-state index is -0.463. The summed E-state index contributed by atoms with van der Waals surface area (Å²) >= 11 is 0. The molecule has 4 fully saturated rings. The van der Waals surface area contributed by atoms with Crippen LogP contribution in [0.1, 0.15) is 64.7 Å². The van der Waals surface area contributed by atoms with Crippen molar-refractivity contribution in [2.45, 2.75) is 89.1 Å². The molecule has 7 heteroatoms. The molecule has 0 aromatic rings. The lowest BCUT2D eigenvalue weighted by molar-refractivity contribution is 0.106. The van der Waals surface area contributed by atoms with Crippen LogP contribution in [-0.2, 0) is 0 Å². The zero-order valence-corrected chi connectivity index (χ0v) is 15.9. The first-order valence-electron chi connectivity index (χ1n) is 10.5. The molecule has 2 heterocycles. The summed E-state index contributed by atoms with van der Waals surface area (Å²) in [4.78, 5) is 29.1. The zero-order valence-electron chi connectivity index (χ0n) is 15.9. The lowest BCUT2D eigenvalue weighted by Gasteiger charge is -2.42. The number of likely N-dealkylation sites (tertiary alicyclic amines) is 1. The number of hydrogen-bond donors (Lipinski definition) is 3. The first-order valence-corrected chi connectivity index (χ1v) is 10.5. The van der Waals surface area contributed by atoms with Crippen LogP contribution in [0.5, 0.6) is 0 Å². The van der Waals surface area contributed by atoms with Crippen molar-refractivity contribution in [3.8, 4) is 0 Å². The number of piperidine rings is 1. The van der Waals surface area contributed by atoms with Gasteiger partial charge in [0.25, 0.3) is 0 Å². The number of carbonyl (C=O) groups is 2. The maximum Gasteiger partial charge on any atom is 0.328 e. The van der Waals surface area contributed by atoms with Gasteiger partial charge in [0.05, 0.1) is 0 Å². The average molecular weight is 364 g/mol. The molecule has 0 aromatic carbocycles. The van der Waals surface area contributed by atoms with Crippen molar-refractivity contribution in [3.05, 3.63) is 0 Å². The molecule has 0 bridgehead atoms. The van der Waals surface area contributed by atoms with E-state index in [1.807, 2.05) is 0 Å². The van der Waals surface area contributed by atoms with Gasteiger partial charge in [-0.25, -0.2) is 14.5 Å². The van der Waals surface area contributed by atoms with E-state index in [0.29, 0.717) is 5.92 Å². The summed E-state index contributed by atoms with van der Waals surface area (Å²) in [6, 6.07) is 0.546. The van der Waals surface area contributed by atoms with Gasteiger partial charge in [-0.2, -0.15) is 0 Å². The van der Waals surface area contributed by atoms with E-state index in [4.69, 9.17) is 0 Å². The summed E-state index contributed by atoms with van der Waals surface area (Å²) in [7, 11) is 0. The highest BCUT2D eigenvalue weighted by Gasteiger charge is 2.40. The molecule has 2 aliphatic heterocycles. The molecule has 4 aliphatic rings. The number of nitrogens with one attached hydrogen (secondary N) is 3. The third-order valence-corrected chi connectivity index (χ3v) is 6.69. The fourth-order valence-electron chi connectivity index (χ4n) is 4.91. The van der Waals surface area contributed by atoms with Crippen LogP contribution in [0.4, 0.5) is 9.59 Å². The van der Waals surface area contributed by atoms with Crippen LogP contribution in [0, 0.1) is 5.92 Å². The maximum atomic E-state index is 12.6. The second kappa shape index (κ2) is 7.72. The topological polar surface area (TPSA) is 76.7 Å². The summed E-state index contributed by atoms with van der Waals surface area (Å²) in [6.45, 7) is 4.15. The summed E-state index contributed by atoms with van der Waals surface area (Å²) < 4.78 is 0. The third-order valence-electron chi connectivity index (χ3n) is 6.69. The lowest BCUT2D eigenvalue weighted by Crippen LogP contribution is -2.71. The zero-order chi connectivity index (χ0) is 18.1. The Morgan fingerprint density at radius 1 is 0.885 bits per heavy atom. The summed E-state index contributed by atoms with van der Waals surface area (Å²) in [5, 5.41) is 9.29. The van der Waals surface area contributed by atoms with E-state index < -0.39 is 6.29 Å². The van der Waals surface area contributed by atoms with Gasteiger partial charge in [0.15, 0.2) is 6.29 Å². The first-order chi connectivity index (χ1) is 12.6. The summed E-state index contributed by atoms with van der Waals surface area (Å²) in [5.41, 5.74) is 0. The third kappa shape index (κ3) is 3.98. The van der Waals surface area contributed by atoms with Crippen LogP contribution in [-0.4, -0.2) is 59.4 Å². The minimum absolute atomic E-state index is 0.0155. The lowest BCUT2D eigenvalue weighted by atomic mass is 9.84. The Hall–Kier alpha value is -1.34. The van der Waals surface area contributed by atoms with Crippen molar-refractivity contribution in [2.75, 3.05) is 13.1 Å². The molecular formula is C19H33N5O2. The van der Waals surface area contributed by atoms with Gasteiger partial charge in [0.1, 0.15) is 0 Å². The van der Waals surface area contributed by atoms with Gasteiger partial charge in [0, 0.05) is 31.2 Å². The second-order valence-electron chi connectivity index (χ2n) is 8.55.